The van der Waals surface area contributed by atoms with Crippen molar-refractivity contribution >= 4 is 0 Å². The normalized spacial score (nSPS) is 9.60. The zero-order valence-electron chi connectivity index (χ0n) is 5.95. The number of allylic oxidation sites excluding steroid dienone is 4. The summed E-state index contributed by atoms with van der Waals surface area (Å²) in [4.78, 5) is 0. The predicted molar refractivity (Wildman–Crippen MR) is 42.0 cm³/mol. The summed E-state index contributed by atoms with van der Waals surface area (Å²) in [6.45, 7) is 8.37. The van der Waals surface area contributed by atoms with Gasteiger partial charge in [0.1, 0.15) is 5.83 Å². The van der Waals surface area contributed by atoms with Crippen LogP contribution in [0, 0.1) is 11.8 Å². The van der Waals surface area contributed by atoms with Crippen LogP contribution in [-0.2, 0) is 0 Å². The lowest BCUT2D eigenvalue weighted by Crippen LogP contribution is -1.74. The Morgan fingerprint density at radius 2 is 2.20 bits per heavy atom. The highest BCUT2D eigenvalue weighted by Gasteiger charge is 1.93. The molecule has 0 aromatic carbocycles. The largest absolute Gasteiger partial charge is 0.206 e. The Hall–Kier alpha value is -1.29. The van der Waals surface area contributed by atoms with Gasteiger partial charge in [-0.1, -0.05) is 25.2 Å². The van der Waals surface area contributed by atoms with Crippen molar-refractivity contribution in [2.24, 2.45) is 0 Å². The Balaban J connectivity index is 4.31. The molecule has 0 aliphatic carbocycles. The van der Waals surface area contributed by atoms with Crippen molar-refractivity contribution in [1.29, 1.82) is 0 Å². The fraction of sp³-hybridized carbons (Fsp3) is 0.111. The van der Waals surface area contributed by atoms with Crippen LogP contribution < -0.4 is 0 Å². The fourth-order valence-electron chi connectivity index (χ4n) is 0.415. The van der Waals surface area contributed by atoms with Gasteiger partial charge in [0.05, 0.1) is 5.57 Å². The SMILES string of the molecule is C=C/C=C(/F)C(=C)C#CC. The van der Waals surface area contributed by atoms with Crippen LogP contribution in [0.2, 0.25) is 0 Å². The van der Waals surface area contributed by atoms with E-state index >= 15 is 0 Å². The summed E-state index contributed by atoms with van der Waals surface area (Å²) in [5, 5.41) is 0. The highest BCUT2D eigenvalue weighted by Crippen LogP contribution is 2.06. The van der Waals surface area contributed by atoms with Gasteiger partial charge in [0.15, 0.2) is 0 Å². The molecule has 0 N–H and O–H groups in total. The number of hydrogen-bond acceptors (Lipinski definition) is 0. The van der Waals surface area contributed by atoms with Crippen molar-refractivity contribution in [3.8, 4) is 11.8 Å². The molecule has 52 valence electrons. The molecular weight excluding hydrogens is 127 g/mol. The Kier molecular flexibility index (Phi) is 3.99. The van der Waals surface area contributed by atoms with Crippen LogP contribution in [0.3, 0.4) is 0 Å². The molecule has 0 saturated carbocycles. The zero-order chi connectivity index (χ0) is 7.98. The third-order valence-electron chi connectivity index (χ3n) is 0.828. The van der Waals surface area contributed by atoms with Crippen LogP contribution >= 0.6 is 0 Å². The molecule has 0 saturated heterocycles. The topological polar surface area (TPSA) is 0 Å². The van der Waals surface area contributed by atoms with E-state index in [9.17, 15) is 4.39 Å². The van der Waals surface area contributed by atoms with Gasteiger partial charge in [0.25, 0.3) is 0 Å². The number of halogens is 1. The van der Waals surface area contributed by atoms with Gasteiger partial charge in [-0.05, 0) is 13.0 Å². The third kappa shape index (κ3) is 2.88. The number of rotatable bonds is 2. The molecule has 0 aliphatic rings. The standard InChI is InChI=1S/C9H9F/c1-4-6-8(3)9(10)7-5-2/h5,7H,2-3H2,1H3/b9-7+. The van der Waals surface area contributed by atoms with Crippen LogP contribution in [0.25, 0.3) is 0 Å². The molecule has 10 heavy (non-hydrogen) atoms. The summed E-state index contributed by atoms with van der Waals surface area (Å²) in [7, 11) is 0. The van der Waals surface area contributed by atoms with Gasteiger partial charge in [-0.3, -0.25) is 0 Å². The molecule has 0 nitrogen and oxygen atoms in total. The molecule has 0 unspecified atom stereocenters. The van der Waals surface area contributed by atoms with E-state index in [1.54, 1.807) is 6.92 Å². The summed E-state index contributed by atoms with van der Waals surface area (Å²) in [5.41, 5.74) is 0.197. The van der Waals surface area contributed by atoms with Gasteiger partial charge in [0.2, 0.25) is 0 Å². The van der Waals surface area contributed by atoms with E-state index in [1.165, 1.54) is 12.2 Å². The van der Waals surface area contributed by atoms with Crippen molar-refractivity contribution in [1.82, 2.24) is 0 Å². The molecule has 0 radical (unpaired) electrons. The Bertz CT molecular complexity index is 223. The molecule has 0 aromatic heterocycles. The molecule has 0 amide bonds. The second-order valence-corrected chi connectivity index (χ2v) is 1.60. The molecule has 0 bridgehead atoms. The highest BCUT2D eigenvalue weighted by molar-refractivity contribution is 5.40. The van der Waals surface area contributed by atoms with Crippen LogP contribution in [-0.4, -0.2) is 0 Å². The quantitative estimate of drug-likeness (QED) is 0.404. The molecule has 0 atom stereocenters. The summed E-state index contributed by atoms with van der Waals surface area (Å²) >= 11 is 0. The smallest absolute Gasteiger partial charge is 0.138 e. The average molecular weight is 136 g/mol. The monoisotopic (exact) mass is 136 g/mol. The first-order valence-corrected chi connectivity index (χ1v) is 2.82. The van der Waals surface area contributed by atoms with E-state index in [0.717, 1.165) is 0 Å². The Labute approximate surface area is 60.8 Å². The average Bonchev–Trinajstić information content (AvgIpc) is 1.89. The molecule has 1 heteroatoms. The lowest BCUT2D eigenvalue weighted by molar-refractivity contribution is 0.660. The summed E-state index contributed by atoms with van der Waals surface area (Å²) in [5.74, 6) is 4.61. The van der Waals surface area contributed by atoms with E-state index in [4.69, 9.17) is 0 Å². The van der Waals surface area contributed by atoms with Gasteiger partial charge < -0.3 is 0 Å². The van der Waals surface area contributed by atoms with Crippen LogP contribution in [0.4, 0.5) is 4.39 Å². The van der Waals surface area contributed by atoms with Crippen LogP contribution in [0.1, 0.15) is 6.92 Å². The van der Waals surface area contributed by atoms with E-state index in [2.05, 4.69) is 25.0 Å². The second-order valence-electron chi connectivity index (χ2n) is 1.60. The van der Waals surface area contributed by atoms with E-state index in [0.29, 0.717) is 0 Å². The van der Waals surface area contributed by atoms with Crippen LogP contribution in [0.5, 0.6) is 0 Å². The van der Waals surface area contributed by atoms with E-state index in [1.807, 2.05) is 0 Å². The maximum absolute atomic E-state index is 12.6. The van der Waals surface area contributed by atoms with E-state index in [-0.39, 0.29) is 5.57 Å². The van der Waals surface area contributed by atoms with Gasteiger partial charge in [-0.15, -0.1) is 5.92 Å². The molecular formula is C9H9F. The molecule has 0 fully saturated rings. The molecule has 0 rings (SSSR count). The zero-order valence-corrected chi connectivity index (χ0v) is 5.95. The van der Waals surface area contributed by atoms with Crippen molar-refractivity contribution in [2.45, 2.75) is 6.92 Å². The third-order valence-corrected chi connectivity index (χ3v) is 0.828. The lowest BCUT2D eigenvalue weighted by Gasteiger charge is -1.88. The van der Waals surface area contributed by atoms with Gasteiger partial charge in [0, 0.05) is 0 Å². The van der Waals surface area contributed by atoms with Crippen molar-refractivity contribution in [2.75, 3.05) is 0 Å². The summed E-state index contributed by atoms with van der Waals surface area (Å²) in [6, 6.07) is 0. The summed E-state index contributed by atoms with van der Waals surface area (Å²) < 4.78 is 12.6. The van der Waals surface area contributed by atoms with Gasteiger partial charge in [-0.2, -0.15) is 0 Å². The van der Waals surface area contributed by atoms with E-state index < -0.39 is 5.83 Å². The first kappa shape index (κ1) is 8.71. The van der Waals surface area contributed by atoms with Crippen molar-refractivity contribution < 1.29 is 4.39 Å². The van der Waals surface area contributed by atoms with Crippen molar-refractivity contribution in [3.05, 3.63) is 36.7 Å². The minimum absolute atomic E-state index is 0.197. The first-order valence-electron chi connectivity index (χ1n) is 2.82. The Morgan fingerprint density at radius 3 is 2.60 bits per heavy atom. The molecule has 0 heterocycles. The molecule has 0 spiro atoms. The van der Waals surface area contributed by atoms with Crippen LogP contribution in [0.15, 0.2) is 36.7 Å². The predicted octanol–water partition coefficient (Wildman–Crippen LogP) is 2.61. The van der Waals surface area contributed by atoms with Gasteiger partial charge in [-0.25, -0.2) is 4.39 Å². The maximum Gasteiger partial charge on any atom is 0.138 e. The molecule has 0 aromatic rings. The van der Waals surface area contributed by atoms with Gasteiger partial charge >= 0.3 is 0 Å². The summed E-state index contributed by atoms with van der Waals surface area (Å²) in [6.07, 6.45) is 2.59. The molecule has 0 aliphatic heterocycles. The second kappa shape index (κ2) is 4.58. The first-order chi connectivity index (χ1) is 4.72. The number of hydrogen-bond donors (Lipinski definition) is 0. The minimum atomic E-state index is -0.427. The minimum Gasteiger partial charge on any atom is -0.206 e. The Morgan fingerprint density at radius 1 is 1.60 bits per heavy atom. The maximum atomic E-state index is 12.6. The highest BCUT2D eigenvalue weighted by atomic mass is 19.1. The van der Waals surface area contributed by atoms with Crippen molar-refractivity contribution in [3.63, 3.8) is 0 Å². The lowest BCUT2D eigenvalue weighted by atomic mass is 10.2. The fourth-order valence-corrected chi connectivity index (χ4v) is 0.415.